The standard InChI is InChI=1S/C16H12ClF2NO2/c1-21-14-7-9(17)5-6-10(14)13-8-22-16(20-13)15-11(18)3-2-4-12(15)19/h2-7,13H,8H2,1H3. The molecule has 6 heteroatoms. The zero-order valence-corrected chi connectivity index (χ0v) is 12.4. The first-order valence-corrected chi connectivity index (χ1v) is 6.96. The molecular formula is C16H12ClF2NO2. The molecule has 0 amide bonds. The molecule has 3 rings (SSSR count). The molecule has 0 radical (unpaired) electrons. The Morgan fingerprint density at radius 2 is 1.95 bits per heavy atom. The molecule has 1 aliphatic rings. The third-order valence-corrected chi connectivity index (χ3v) is 3.62. The topological polar surface area (TPSA) is 30.8 Å². The van der Waals surface area contributed by atoms with Crippen LogP contribution in [0, 0.1) is 11.6 Å². The molecule has 1 heterocycles. The first-order chi connectivity index (χ1) is 10.6. The molecule has 0 N–H and O–H groups in total. The Morgan fingerprint density at radius 3 is 2.64 bits per heavy atom. The lowest BCUT2D eigenvalue weighted by atomic mass is 10.1. The highest BCUT2D eigenvalue weighted by Gasteiger charge is 2.27. The molecule has 0 saturated heterocycles. The van der Waals surface area contributed by atoms with E-state index in [0.717, 1.165) is 5.56 Å². The van der Waals surface area contributed by atoms with Gasteiger partial charge >= 0.3 is 0 Å². The van der Waals surface area contributed by atoms with Gasteiger partial charge in [-0.1, -0.05) is 23.7 Å². The third kappa shape index (κ3) is 2.64. The summed E-state index contributed by atoms with van der Waals surface area (Å²) in [6.07, 6.45) is 0. The van der Waals surface area contributed by atoms with Crippen molar-refractivity contribution < 1.29 is 18.3 Å². The molecule has 0 spiro atoms. The highest BCUT2D eigenvalue weighted by molar-refractivity contribution is 6.30. The summed E-state index contributed by atoms with van der Waals surface area (Å²) in [6, 6.07) is 8.36. The lowest BCUT2D eigenvalue weighted by molar-refractivity contribution is 0.313. The van der Waals surface area contributed by atoms with Crippen LogP contribution in [-0.4, -0.2) is 19.6 Å². The molecule has 114 valence electrons. The van der Waals surface area contributed by atoms with E-state index in [1.807, 2.05) is 0 Å². The van der Waals surface area contributed by atoms with Crippen molar-refractivity contribution in [3.8, 4) is 5.75 Å². The van der Waals surface area contributed by atoms with Crippen LogP contribution < -0.4 is 4.74 Å². The largest absolute Gasteiger partial charge is 0.496 e. The zero-order chi connectivity index (χ0) is 15.7. The van der Waals surface area contributed by atoms with Crippen molar-refractivity contribution in [2.24, 2.45) is 4.99 Å². The van der Waals surface area contributed by atoms with E-state index in [1.54, 1.807) is 18.2 Å². The van der Waals surface area contributed by atoms with Crippen LogP contribution in [0.3, 0.4) is 0 Å². The lowest BCUT2D eigenvalue weighted by Crippen LogP contribution is -2.07. The van der Waals surface area contributed by atoms with Crippen LogP contribution in [0.25, 0.3) is 0 Å². The Bertz CT molecular complexity index is 729. The van der Waals surface area contributed by atoms with Crippen molar-refractivity contribution in [3.63, 3.8) is 0 Å². The molecule has 1 atom stereocenters. The fourth-order valence-corrected chi connectivity index (χ4v) is 2.49. The van der Waals surface area contributed by atoms with E-state index in [2.05, 4.69) is 4.99 Å². The number of benzene rings is 2. The van der Waals surface area contributed by atoms with Crippen molar-refractivity contribution in [2.75, 3.05) is 13.7 Å². The summed E-state index contributed by atoms with van der Waals surface area (Å²) in [4.78, 5) is 4.28. The average molecular weight is 324 g/mol. The summed E-state index contributed by atoms with van der Waals surface area (Å²) in [6.45, 7) is 0.182. The highest BCUT2D eigenvalue weighted by Crippen LogP contribution is 2.34. The smallest absolute Gasteiger partial charge is 0.222 e. The third-order valence-electron chi connectivity index (χ3n) is 3.38. The van der Waals surface area contributed by atoms with Gasteiger partial charge in [0.25, 0.3) is 0 Å². The summed E-state index contributed by atoms with van der Waals surface area (Å²) < 4.78 is 38.2. The van der Waals surface area contributed by atoms with Crippen LogP contribution in [0.1, 0.15) is 17.2 Å². The maximum atomic E-state index is 13.8. The fourth-order valence-electron chi connectivity index (χ4n) is 2.33. The van der Waals surface area contributed by atoms with E-state index in [1.165, 1.54) is 25.3 Å². The fraction of sp³-hybridized carbons (Fsp3) is 0.188. The molecular weight excluding hydrogens is 312 g/mol. The second kappa shape index (κ2) is 5.93. The van der Waals surface area contributed by atoms with Crippen LogP contribution in [0.5, 0.6) is 5.75 Å². The predicted molar refractivity (Wildman–Crippen MR) is 79.6 cm³/mol. The van der Waals surface area contributed by atoms with Crippen LogP contribution in [0.2, 0.25) is 5.02 Å². The molecule has 2 aromatic carbocycles. The van der Waals surface area contributed by atoms with E-state index < -0.39 is 17.7 Å². The van der Waals surface area contributed by atoms with Gasteiger partial charge in [-0.15, -0.1) is 0 Å². The maximum absolute atomic E-state index is 13.8. The minimum Gasteiger partial charge on any atom is -0.496 e. The number of halogens is 3. The van der Waals surface area contributed by atoms with E-state index in [9.17, 15) is 8.78 Å². The average Bonchev–Trinajstić information content (AvgIpc) is 2.96. The molecule has 3 nitrogen and oxygen atoms in total. The van der Waals surface area contributed by atoms with Gasteiger partial charge in [-0.3, -0.25) is 0 Å². The minimum absolute atomic E-state index is 0.0439. The van der Waals surface area contributed by atoms with Crippen molar-refractivity contribution in [2.45, 2.75) is 6.04 Å². The Hall–Kier alpha value is -2.14. The van der Waals surface area contributed by atoms with E-state index >= 15 is 0 Å². The monoisotopic (exact) mass is 323 g/mol. The molecule has 0 fully saturated rings. The Balaban J connectivity index is 1.98. The molecule has 0 aliphatic carbocycles. The second-order valence-electron chi connectivity index (χ2n) is 4.74. The molecule has 1 aliphatic heterocycles. The quantitative estimate of drug-likeness (QED) is 0.849. The maximum Gasteiger partial charge on any atom is 0.222 e. The summed E-state index contributed by atoms with van der Waals surface area (Å²) >= 11 is 5.92. The zero-order valence-electron chi connectivity index (χ0n) is 11.6. The van der Waals surface area contributed by atoms with Crippen molar-refractivity contribution in [1.82, 2.24) is 0 Å². The molecule has 0 saturated carbocycles. The molecule has 1 unspecified atom stereocenters. The number of nitrogens with zero attached hydrogens (tertiary/aromatic N) is 1. The second-order valence-corrected chi connectivity index (χ2v) is 5.18. The molecule has 2 aromatic rings. The minimum atomic E-state index is -0.706. The Morgan fingerprint density at radius 1 is 1.23 bits per heavy atom. The predicted octanol–water partition coefficient (Wildman–Crippen LogP) is 4.14. The number of rotatable bonds is 3. The lowest BCUT2D eigenvalue weighted by Gasteiger charge is -2.11. The van der Waals surface area contributed by atoms with Crippen LogP contribution >= 0.6 is 11.6 Å². The highest BCUT2D eigenvalue weighted by atomic mass is 35.5. The number of ether oxygens (including phenoxy) is 2. The summed E-state index contributed by atoms with van der Waals surface area (Å²) in [5.74, 6) is -0.900. The normalized spacial score (nSPS) is 17.1. The van der Waals surface area contributed by atoms with E-state index in [4.69, 9.17) is 21.1 Å². The number of hydrogen-bond acceptors (Lipinski definition) is 3. The van der Waals surface area contributed by atoms with Gasteiger partial charge in [0, 0.05) is 10.6 Å². The SMILES string of the molecule is COc1cc(Cl)ccc1C1COC(c2c(F)cccc2F)=N1. The van der Waals surface area contributed by atoms with Gasteiger partial charge in [0.2, 0.25) is 5.90 Å². The Kier molecular flexibility index (Phi) is 3.98. The van der Waals surface area contributed by atoms with Crippen molar-refractivity contribution in [3.05, 3.63) is 64.2 Å². The molecule has 0 bridgehead atoms. The van der Waals surface area contributed by atoms with Gasteiger partial charge in [-0.05, 0) is 24.3 Å². The van der Waals surface area contributed by atoms with Gasteiger partial charge in [-0.25, -0.2) is 13.8 Å². The van der Waals surface area contributed by atoms with Crippen LogP contribution in [0.15, 0.2) is 41.4 Å². The van der Waals surface area contributed by atoms with Crippen molar-refractivity contribution in [1.29, 1.82) is 0 Å². The van der Waals surface area contributed by atoms with Gasteiger partial charge in [-0.2, -0.15) is 0 Å². The summed E-state index contributed by atoms with van der Waals surface area (Å²) in [5.41, 5.74) is 0.497. The van der Waals surface area contributed by atoms with E-state index in [0.29, 0.717) is 10.8 Å². The van der Waals surface area contributed by atoms with Crippen LogP contribution in [-0.2, 0) is 4.74 Å². The summed E-state index contributed by atoms with van der Waals surface area (Å²) in [5, 5.41) is 0.531. The number of methoxy groups -OCH3 is 1. The van der Waals surface area contributed by atoms with Crippen molar-refractivity contribution >= 4 is 17.5 Å². The van der Waals surface area contributed by atoms with Gasteiger partial charge < -0.3 is 9.47 Å². The summed E-state index contributed by atoms with van der Waals surface area (Å²) in [7, 11) is 1.52. The van der Waals surface area contributed by atoms with Gasteiger partial charge in [0.1, 0.15) is 35.6 Å². The molecule has 0 aromatic heterocycles. The van der Waals surface area contributed by atoms with Gasteiger partial charge in [0.05, 0.1) is 7.11 Å². The van der Waals surface area contributed by atoms with E-state index in [-0.39, 0.29) is 18.1 Å². The van der Waals surface area contributed by atoms with Crippen LogP contribution in [0.4, 0.5) is 8.78 Å². The first kappa shape index (κ1) is 14.8. The first-order valence-electron chi connectivity index (χ1n) is 6.58. The Labute approximate surface area is 131 Å². The number of aliphatic imine (C=N–C) groups is 1. The number of hydrogen-bond donors (Lipinski definition) is 0. The van der Waals surface area contributed by atoms with Gasteiger partial charge in [0.15, 0.2) is 0 Å². The molecule has 22 heavy (non-hydrogen) atoms.